The third-order valence-corrected chi connectivity index (χ3v) is 4.78. The smallest absolute Gasteiger partial charge is 0.225 e. The summed E-state index contributed by atoms with van der Waals surface area (Å²) in [7, 11) is 1.86. The standard InChI is InChI=1S/C20H26N4O2/c1-16-4-3-5-18(14-16)26-13-12-23(2)20(25)17-6-10-24(11-7-17)19-15-21-8-9-22-19/h3-5,8-9,14-15,17H,6-7,10-13H2,1-2H3. The zero-order valence-corrected chi connectivity index (χ0v) is 15.5. The van der Waals surface area contributed by atoms with E-state index in [2.05, 4.69) is 14.9 Å². The van der Waals surface area contributed by atoms with Gasteiger partial charge < -0.3 is 14.5 Å². The van der Waals surface area contributed by atoms with Crippen LogP contribution in [0.2, 0.25) is 0 Å². The first kappa shape index (κ1) is 18.2. The van der Waals surface area contributed by atoms with Crippen LogP contribution >= 0.6 is 0 Å². The van der Waals surface area contributed by atoms with E-state index in [1.54, 1.807) is 23.5 Å². The molecule has 1 aliphatic heterocycles. The second kappa shape index (κ2) is 8.65. The van der Waals surface area contributed by atoms with Crippen LogP contribution in [0.15, 0.2) is 42.9 Å². The molecule has 0 saturated carbocycles. The van der Waals surface area contributed by atoms with E-state index >= 15 is 0 Å². The van der Waals surface area contributed by atoms with Crippen molar-refractivity contribution in [2.75, 3.05) is 38.2 Å². The normalized spacial score (nSPS) is 14.9. The molecule has 6 nitrogen and oxygen atoms in total. The zero-order valence-electron chi connectivity index (χ0n) is 15.5. The lowest BCUT2D eigenvalue weighted by molar-refractivity contribution is -0.135. The summed E-state index contributed by atoms with van der Waals surface area (Å²) in [6.45, 7) is 4.81. The van der Waals surface area contributed by atoms with Gasteiger partial charge in [0, 0.05) is 38.4 Å². The predicted molar refractivity (Wildman–Crippen MR) is 101 cm³/mol. The number of ether oxygens (including phenoxy) is 1. The lowest BCUT2D eigenvalue weighted by atomic mass is 9.95. The summed E-state index contributed by atoms with van der Waals surface area (Å²) in [4.78, 5) is 25.1. The van der Waals surface area contributed by atoms with E-state index in [0.29, 0.717) is 13.2 Å². The second-order valence-electron chi connectivity index (χ2n) is 6.75. The molecule has 1 aliphatic rings. The molecule has 0 N–H and O–H groups in total. The molecule has 1 saturated heterocycles. The number of carbonyl (C=O) groups excluding carboxylic acids is 1. The Bertz CT molecular complexity index is 715. The number of hydrogen-bond acceptors (Lipinski definition) is 5. The van der Waals surface area contributed by atoms with Crippen molar-refractivity contribution < 1.29 is 9.53 Å². The molecule has 0 spiro atoms. The van der Waals surface area contributed by atoms with Crippen LogP contribution in [0, 0.1) is 12.8 Å². The summed E-state index contributed by atoms with van der Waals surface area (Å²) < 4.78 is 5.75. The number of carbonyl (C=O) groups is 1. The van der Waals surface area contributed by atoms with Gasteiger partial charge in [0.15, 0.2) is 0 Å². The Morgan fingerprint density at radius 3 is 2.81 bits per heavy atom. The predicted octanol–water partition coefficient (Wildman–Crippen LogP) is 2.54. The average molecular weight is 354 g/mol. The van der Waals surface area contributed by atoms with Crippen molar-refractivity contribution in [3.8, 4) is 5.75 Å². The molecular weight excluding hydrogens is 328 g/mol. The van der Waals surface area contributed by atoms with Crippen LogP contribution in [-0.2, 0) is 4.79 Å². The van der Waals surface area contributed by atoms with E-state index in [9.17, 15) is 4.79 Å². The van der Waals surface area contributed by atoms with Gasteiger partial charge in [-0.15, -0.1) is 0 Å². The van der Waals surface area contributed by atoms with Gasteiger partial charge in [0.1, 0.15) is 18.2 Å². The molecule has 0 radical (unpaired) electrons. The van der Waals surface area contributed by atoms with Gasteiger partial charge in [-0.05, 0) is 37.5 Å². The second-order valence-corrected chi connectivity index (χ2v) is 6.75. The number of anilines is 1. The number of benzene rings is 1. The molecule has 138 valence electrons. The molecule has 2 heterocycles. The van der Waals surface area contributed by atoms with Crippen LogP contribution < -0.4 is 9.64 Å². The molecule has 6 heteroatoms. The van der Waals surface area contributed by atoms with Crippen molar-refractivity contribution in [1.82, 2.24) is 14.9 Å². The van der Waals surface area contributed by atoms with Crippen LogP contribution in [0.4, 0.5) is 5.82 Å². The van der Waals surface area contributed by atoms with Gasteiger partial charge >= 0.3 is 0 Å². The summed E-state index contributed by atoms with van der Waals surface area (Å²) >= 11 is 0. The van der Waals surface area contributed by atoms with Crippen LogP contribution in [-0.4, -0.2) is 54.1 Å². The molecule has 0 unspecified atom stereocenters. The van der Waals surface area contributed by atoms with E-state index in [0.717, 1.165) is 37.5 Å². The Labute approximate surface area is 154 Å². The largest absolute Gasteiger partial charge is 0.492 e. The van der Waals surface area contributed by atoms with Gasteiger partial charge in [0.2, 0.25) is 5.91 Å². The quantitative estimate of drug-likeness (QED) is 0.798. The number of likely N-dealkylation sites (N-methyl/N-ethyl adjacent to an activating group) is 1. The van der Waals surface area contributed by atoms with Crippen LogP contribution in [0.3, 0.4) is 0 Å². The number of amides is 1. The number of nitrogens with zero attached hydrogens (tertiary/aromatic N) is 4. The minimum Gasteiger partial charge on any atom is -0.492 e. The van der Waals surface area contributed by atoms with E-state index in [4.69, 9.17) is 4.74 Å². The molecule has 26 heavy (non-hydrogen) atoms. The number of rotatable bonds is 6. The average Bonchev–Trinajstić information content (AvgIpc) is 2.68. The van der Waals surface area contributed by atoms with E-state index in [1.165, 1.54) is 5.56 Å². The summed E-state index contributed by atoms with van der Waals surface area (Å²) in [5, 5.41) is 0. The van der Waals surface area contributed by atoms with Gasteiger partial charge in [0.25, 0.3) is 0 Å². The van der Waals surface area contributed by atoms with E-state index in [-0.39, 0.29) is 11.8 Å². The van der Waals surface area contributed by atoms with Gasteiger partial charge in [-0.3, -0.25) is 9.78 Å². The van der Waals surface area contributed by atoms with E-state index < -0.39 is 0 Å². The molecule has 1 fully saturated rings. The fourth-order valence-electron chi connectivity index (χ4n) is 3.24. The minimum atomic E-state index is 0.0758. The van der Waals surface area contributed by atoms with Gasteiger partial charge in [-0.2, -0.15) is 0 Å². The van der Waals surface area contributed by atoms with Crippen LogP contribution in [0.1, 0.15) is 18.4 Å². The number of hydrogen-bond donors (Lipinski definition) is 0. The highest BCUT2D eigenvalue weighted by Crippen LogP contribution is 2.22. The molecule has 0 aliphatic carbocycles. The van der Waals surface area contributed by atoms with E-state index in [1.807, 2.05) is 38.2 Å². The van der Waals surface area contributed by atoms with Crippen molar-refractivity contribution in [1.29, 1.82) is 0 Å². The fourth-order valence-corrected chi connectivity index (χ4v) is 3.24. The van der Waals surface area contributed by atoms with Crippen molar-refractivity contribution >= 4 is 11.7 Å². The van der Waals surface area contributed by atoms with Crippen LogP contribution in [0.25, 0.3) is 0 Å². The Morgan fingerprint density at radius 1 is 1.31 bits per heavy atom. The zero-order chi connectivity index (χ0) is 18.4. The maximum atomic E-state index is 12.7. The lowest BCUT2D eigenvalue weighted by Gasteiger charge is -2.33. The van der Waals surface area contributed by atoms with Crippen molar-refractivity contribution in [3.63, 3.8) is 0 Å². The van der Waals surface area contributed by atoms with Crippen molar-refractivity contribution in [2.45, 2.75) is 19.8 Å². The molecule has 0 atom stereocenters. The molecular formula is C20H26N4O2. The van der Waals surface area contributed by atoms with Crippen molar-refractivity contribution in [2.24, 2.45) is 5.92 Å². The maximum Gasteiger partial charge on any atom is 0.225 e. The summed E-state index contributed by atoms with van der Waals surface area (Å²) in [5.41, 5.74) is 1.17. The van der Waals surface area contributed by atoms with Crippen molar-refractivity contribution in [3.05, 3.63) is 48.4 Å². The fraction of sp³-hybridized carbons (Fsp3) is 0.450. The first-order valence-electron chi connectivity index (χ1n) is 9.09. The monoisotopic (exact) mass is 354 g/mol. The first-order valence-corrected chi connectivity index (χ1v) is 9.09. The van der Waals surface area contributed by atoms with Gasteiger partial charge in [-0.25, -0.2) is 4.98 Å². The first-order chi connectivity index (χ1) is 12.6. The number of aryl methyl sites for hydroxylation is 1. The molecule has 1 aromatic carbocycles. The number of aromatic nitrogens is 2. The third kappa shape index (κ3) is 4.71. The molecule has 3 rings (SSSR count). The Balaban J connectivity index is 1.43. The van der Waals surface area contributed by atoms with Gasteiger partial charge in [0.05, 0.1) is 12.7 Å². The highest BCUT2D eigenvalue weighted by molar-refractivity contribution is 5.78. The Kier molecular flexibility index (Phi) is 6.04. The van der Waals surface area contributed by atoms with Gasteiger partial charge in [-0.1, -0.05) is 12.1 Å². The topological polar surface area (TPSA) is 58.6 Å². The highest BCUT2D eigenvalue weighted by atomic mass is 16.5. The number of piperidine rings is 1. The molecule has 1 amide bonds. The molecule has 1 aromatic heterocycles. The SMILES string of the molecule is Cc1cccc(OCCN(C)C(=O)C2CCN(c3cnccn3)CC2)c1. The maximum absolute atomic E-state index is 12.7. The summed E-state index contributed by atoms with van der Waals surface area (Å²) in [6, 6.07) is 7.96. The Hall–Kier alpha value is -2.63. The summed E-state index contributed by atoms with van der Waals surface area (Å²) in [5.74, 6) is 2.02. The Morgan fingerprint density at radius 2 is 2.12 bits per heavy atom. The lowest BCUT2D eigenvalue weighted by Crippen LogP contribution is -2.42. The third-order valence-electron chi connectivity index (χ3n) is 4.78. The summed E-state index contributed by atoms with van der Waals surface area (Å²) in [6.07, 6.45) is 6.84. The highest BCUT2D eigenvalue weighted by Gasteiger charge is 2.27. The molecule has 0 bridgehead atoms. The molecule has 2 aromatic rings. The van der Waals surface area contributed by atoms with Crippen LogP contribution in [0.5, 0.6) is 5.75 Å². The minimum absolute atomic E-state index is 0.0758.